The molecule has 9 heteroatoms. The molecule has 2 aromatic carbocycles. The summed E-state index contributed by atoms with van der Waals surface area (Å²) < 4.78 is 25.1. The van der Waals surface area contributed by atoms with Gasteiger partial charge in [-0.3, -0.25) is 14.4 Å². The SMILES string of the molecule is Cc1ccc(NC(=O)CS(=O)(=O)Cc2cccc(C(=O)N3CCC(C(=O)O)CC3)c2)cc1. The molecule has 0 atom stereocenters. The van der Waals surface area contributed by atoms with Crippen LogP contribution in [0.25, 0.3) is 0 Å². The summed E-state index contributed by atoms with van der Waals surface area (Å²) in [6.45, 7) is 2.60. The van der Waals surface area contributed by atoms with E-state index in [2.05, 4.69) is 5.32 Å². The highest BCUT2D eigenvalue weighted by atomic mass is 32.2. The van der Waals surface area contributed by atoms with E-state index in [1.807, 2.05) is 19.1 Å². The van der Waals surface area contributed by atoms with E-state index < -0.39 is 33.4 Å². The molecule has 0 radical (unpaired) electrons. The minimum Gasteiger partial charge on any atom is -0.481 e. The van der Waals surface area contributed by atoms with E-state index in [0.29, 0.717) is 42.7 Å². The summed E-state index contributed by atoms with van der Waals surface area (Å²) in [7, 11) is -3.75. The first-order valence-corrected chi connectivity index (χ1v) is 12.1. The molecule has 2 N–H and O–H groups in total. The molecule has 1 aliphatic heterocycles. The first kappa shape index (κ1) is 23.5. The summed E-state index contributed by atoms with van der Waals surface area (Å²) in [5.41, 5.74) is 2.31. The van der Waals surface area contributed by atoms with Gasteiger partial charge in [0.2, 0.25) is 5.91 Å². The molecule has 1 saturated heterocycles. The van der Waals surface area contributed by atoms with Crippen molar-refractivity contribution in [3.8, 4) is 0 Å². The molecule has 2 aromatic rings. The summed E-state index contributed by atoms with van der Waals surface area (Å²) in [5.74, 6) is -3.21. The first-order chi connectivity index (χ1) is 15.1. The molecule has 8 nitrogen and oxygen atoms in total. The van der Waals surface area contributed by atoms with Crippen LogP contribution in [-0.4, -0.2) is 55.1 Å². The zero-order valence-electron chi connectivity index (χ0n) is 17.8. The summed E-state index contributed by atoms with van der Waals surface area (Å²) >= 11 is 0. The van der Waals surface area contributed by atoms with Crippen molar-refractivity contribution < 1.29 is 27.9 Å². The van der Waals surface area contributed by atoms with Gasteiger partial charge in [0.1, 0.15) is 5.75 Å². The molecule has 170 valence electrons. The Kier molecular flexibility index (Phi) is 7.29. The number of carboxylic acids is 1. The molecule has 0 aliphatic carbocycles. The van der Waals surface area contributed by atoms with Gasteiger partial charge >= 0.3 is 5.97 Å². The number of piperidine rings is 1. The highest BCUT2D eigenvalue weighted by Crippen LogP contribution is 2.20. The third-order valence-electron chi connectivity index (χ3n) is 5.38. The van der Waals surface area contributed by atoms with E-state index in [9.17, 15) is 22.8 Å². The normalized spacial score (nSPS) is 14.7. The molecule has 0 saturated carbocycles. The van der Waals surface area contributed by atoms with E-state index in [1.54, 1.807) is 35.2 Å². The number of benzene rings is 2. The van der Waals surface area contributed by atoms with Crippen LogP contribution in [0.3, 0.4) is 0 Å². The van der Waals surface area contributed by atoms with E-state index in [0.717, 1.165) is 5.56 Å². The topological polar surface area (TPSA) is 121 Å². The van der Waals surface area contributed by atoms with Gasteiger partial charge < -0.3 is 15.3 Å². The van der Waals surface area contributed by atoms with Crippen LogP contribution in [0.4, 0.5) is 5.69 Å². The van der Waals surface area contributed by atoms with Gasteiger partial charge in [0.05, 0.1) is 11.7 Å². The van der Waals surface area contributed by atoms with Crippen LogP contribution in [0, 0.1) is 12.8 Å². The van der Waals surface area contributed by atoms with Crippen molar-refractivity contribution in [3.05, 3.63) is 65.2 Å². The second-order valence-electron chi connectivity index (χ2n) is 8.05. The maximum atomic E-state index is 12.8. The van der Waals surface area contributed by atoms with Crippen LogP contribution in [0.5, 0.6) is 0 Å². The lowest BCUT2D eigenvalue weighted by atomic mass is 9.96. The number of hydrogen-bond donors (Lipinski definition) is 2. The van der Waals surface area contributed by atoms with E-state index in [1.165, 1.54) is 6.07 Å². The van der Waals surface area contributed by atoms with Crippen molar-refractivity contribution in [2.24, 2.45) is 5.92 Å². The van der Waals surface area contributed by atoms with Gasteiger partial charge in [-0.25, -0.2) is 8.42 Å². The number of nitrogens with one attached hydrogen (secondary N) is 1. The number of carbonyl (C=O) groups excluding carboxylic acids is 2. The standard InChI is InChI=1S/C23H26N2O6S/c1-16-5-7-20(8-6-16)24-21(26)15-32(30,31)14-17-3-2-4-19(13-17)22(27)25-11-9-18(10-12-25)23(28)29/h2-8,13,18H,9-12,14-15H2,1H3,(H,24,26)(H,28,29). The van der Waals surface area contributed by atoms with Crippen LogP contribution < -0.4 is 5.32 Å². The number of rotatable bonds is 7. The van der Waals surface area contributed by atoms with Gasteiger partial charge in [-0.2, -0.15) is 0 Å². The van der Waals surface area contributed by atoms with Gasteiger partial charge in [0, 0.05) is 24.3 Å². The molecule has 0 aromatic heterocycles. The molecule has 0 unspecified atom stereocenters. The molecule has 1 heterocycles. The molecule has 0 bridgehead atoms. The Balaban J connectivity index is 1.60. The maximum Gasteiger partial charge on any atom is 0.306 e. The predicted molar refractivity (Wildman–Crippen MR) is 120 cm³/mol. The lowest BCUT2D eigenvalue weighted by molar-refractivity contribution is -0.143. The Morgan fingerprint density at radius 3 is 2.34 bits per heavy atom. The fourth-order valence-electron chi connectivity index (χ4n) is 3.64. The summed E-state index contributed by atoms with van der Waals surface area (Å²) in [4.78, 5) is 37.6. The molecule has 2 amide bonds. The van der Waals surface area contributed by atoms with Gasteiger partial charge in [0.15, 0.2) is 9.84 Å². The second kappa shape index (κ2) is 9.95. The van der Waals surface area contributed by atoms with E-state index >= 15 is 0 Å². The predicted octanol–water partition coefficient (Wildman–Crippen LogP) is 2.49. The minimum absolute atomic E-state index is 0.259. The Morgan fingerprint density at radius 2 is 1.72 bits per heavy atom. The van der Waals surface area contributed by atoms with Crippen LogP contribution >= 0.6 is 0 Å². The monoisotopic (exact) mass is 458 g/mol. The summed E-state index contributed by atoms with van der Waals surface area (Å²) in [6, 6.07) is 13.4. The average molecular weight is 459 g/mol. The Bertz CT molecular complexity index is 1100. The van der Waals surface area contributed by atoms with Crippen LogP contribution in [0.1, 0.15) is 34.3 Å². The third-order valence-corrected chi connectivity index (χ3v) is 6.85. The van der Waals surface area contributed by atoms with Crippen molar-refractivity contribution in [2.75, 3.05) is 24.2 Å². The number of anilines is 1. The van der Waals surface area contributed by atoms with Crippen LogP contribution in [0.2, 0.25) is 0 Å². The quantitative estimate of drug-likeness (QED) is 0.658. The highest BCUT2D eigenvalue weighted by molar-refractivity contribution is 7.91. The highest BCUT2D eigenvalue weighted by Gasteiger charge is 2.27. The maximum absolute atomic E-state index is 12.8. The molecule has 1 fully saturated rings. The lowest BCUT2D eigenvalue weighted by Crippen LogP contribution is -2.40. The van der Waals surface area contributed by atoms with E-state index in [4.69, 9.17) is 5.11 Å². The van der Waals surface area contributed by atoms with Crippen LogP contribution in [-0.2, 0) is 25.2 Å². The number of aliphatic carboxylic acids is 1. The Labute approximate surface area is 187 Å². The minimum atomic E-state index is -3.75. The largest absolute Gasteiger partial charge is 0.481 e. The smallest absolute Gasteiger partial charge is 0.306 e. The molecule has 32 heavy (non-hydrogen) atoms. The number of carboxylic acid groups (broad SMARTS) is 1. The zero-order valence-corrected chi connectivity index (χ0v) is 18.6. The van der Waals surface area contributed by atoms with Crippen molar-refractivity contribution in [1.29, 1.82) is 0 Å². The van der Waals surface area contributed by atoms with E-state index in [-0.39, 0.29) is 11.7 Å². The van der Waals surface area contributed by atoms with Gasteiger partial charge in [0.25, 0.3) is 5.91 Å². The third kappa shape index (κ3) is 6.40. The van der Waals surface area contributed by atoms with Gasteiger partial charge in [-0.1, -0.05) is 29.8 Å². The van der Waals surface area contributed by atoms with Crippen molar-refractivity contribution in [1.82, 2.24) is 4.90 Å². The fraction of sp³-hybridized carbons (Fsp3) is 0.348. The second-order valence-corrected chi connectivity index (χ2v) is 10.1. The van der Waals surface area contributed by atoms with Gasteiger partial charge in [-0.15, -0.1) is 0 Å². The number of nitrogens with zero attached hydrogens (tertiary/aromatic N) is 1. The fourth-order valence-corrected chi connectivity index (χ4v) is 4.91. The lowest BCUT2D eigenvalue weighted by Gasteiger charge is -2.30. The summed E-state index contributed by atoms with van der Waals surface area (Å²) in [5, 5.41) is 11.7. The van der Waals surface area contributed by atoms with Gasteiger partial charge in [-0.05, 0) is 49.6 Å². The summed E-state index contributed by atoms with van der Waals surface area (Å²) in [6.07, 6.45) is 0.788. The first-order valence-electron chi connectivity index (χ1n) is 10.3. The molecule has 1 aliphatic rings. The zero-order chi connectivity index (χ0) is 23.3. The number of sulfone groups is 1. The number of aryl methyl sites for hydroxylation is 1. The number of amides is 2. The number of carbonyl (C=O) groups is 3. The number of hydrogen-bond acceptors (Lipinski definition) is 5. The average Bonchev–Trinajstić information content (AvgIpc) is 2.74. The van der Waals surface area contributed by atoms with Crippen molar-refractivity contribution in [2.45, 2.75) is 25.5 Å². The Morgan fingerprint density at radius 1 is 1.06 bits per heavy atom. The van der Waals surface area contributed by atoms with Crippen LogP contribution in [0.15, 0.2) is 48.5 Å². The molecule has 3 rings (SSSR count). The molecule has 0 spiro atoms. The molecular weight excluding hydrogens is 432 g/mol. The Hall–Kier alpha value is -3.20. The number of likely N-dealkylation sites (tertiary alicyclic amines) is 1. The van der Waals surface area contributed by atoms with Crippen molar-refractivity contribution >= 4 is 33.3 Å². The molecular formula is C23H26N2O6S. The van der Waals surface area contributed by atoms with Crippen molar-refractivity contribution in [3.63, 3.8) is 0 Å².